The number of aliphatic carboxylic acids is 1. The number of carboxylic acids is 1. The summed E-state index contributed by atoms with van der Waals surface area (Å²) >= 11 is 3.85. The third kappa shape index (κ3) is 6.24. The van der Waals surface area contributed by atoms with E-state index in [9.17, 15) is 24.5 Å². The fraction of sp³-hybridized carbons (Fsp3) is 0.400. The minimum absolute atomic E-state index is 0.0206. The monoisotopic (exact) mass is 386 g/mol. The number of carbonyl (C=O) groups is 3. The first-order valence-corrected chi connectivity index (χ1v) is 8.17. The minimum Gasteiger partial charge on any atom is -0.480 e. The average molecular weight is 386 g/mol. The molecule has 10 nitrogen and oxygen atoms in total. The molecule has 0 saturated heterocycles. The SMILES string of the molecule is CCCC(=O)N(OC(=O)OCc1ccc([N+](=O)[O-])cc1)C(CS)C(=O)O. The molecule has 1 aromatic carbocycles. The topological polar surface area (TPSA) is 136 Å². The van der Waals surface area contributed by atoms with Crippen LogP contribution in [0, 0.1) is 10.1 Å². The van der Waals surface area contributed by atoms with Crippen LogP contribution in [0.3, 0.4) is 0 Å². The van der Waals surface area contributed by atoms with Gasteiger partial charge in [0.2, 0.25) is 0 Å². The van der Waals surface area contributed by atoms with Crippen LogP contribution in [0.5, 0.6) is 0 Å². The number of non-ortho nitro benzene ring substituents is 1. The number of amides is 1. The zero-order chi connectivity index (χ0) is 19.7. The van der Waals surface area contributed by atoms with Crippen LogP contribution >= 0.6 is 12.6 Å². The Hall–Kier alpha value is -2.82. The summed E-state index contributed by atoms with van der Waals surface area (Å²) in [4.78, 5) is 49.7. The summed E-state index contributed by atoms with van der Waals surface area (Å²) in [5, 5.41) is 20.1. The summed E-state index contributed by atoms with van der Waals surface area (Å²) < 4.78 is 4.82. The summed E-state index contributed by atoms with van der Waals surface area (Å²) in [6, 6.07) is 3.80. The van der Waals surface area contributed by atoms with Crippen molar-refractivity contribution in [3.05, 3.63) is 39.9 Å². The summed E-state index contributed by atoms with van der Waals surface area (Å²) in [6.45, 7) is 1.44. The molecule has 1 unspecified atom stereocenters. The molecule has 1 aromatic rings. The second-order valence-electron chi connectivity index (χ2n) is 5.06. The van der Waals surface area contributed by atoms with Crippen LogP contribution in [-0.2, 0) is 25.8 Å². The Balaban J connectivity index is 2.72. The van der Waals surface area contributed by atoms with Gasteiger partial charge in [0.05, 0.1) is 4.92 Å². The second kappa shape index (κ2) is 10.2. The van der Waals surface area contributed by atoms with Gasteiger partial charge in [0, 0.05) is 24.3 Å². The first kappa shape index (κ1) is 21.2. The lowest BCUT2D eigenvalue weighted by Gasteiger charge is -2.25. The van der Waals surface area contributed by atoms with E-state index < -0.39 is 29.0 Å². The number of carbonyl (C=O) groups excluding carboxylic acids is 2. The number of nitro groups is 1. The highest BCUT2D eigenvalue weighted by Gasteiger charge is 2.32. The Morgan fingerprint density at radius 2 is 1.92 bits per heavy atom. The molecule has 0 aromatic heterocycles. The van der Waals surface area contributed by atoms with Gasteiger partial charge in [0.15, 0.2) is 6.04 Å². The van der Waals surface area contributed by atoms with Gasteiger partial charge in [-0.05, 0) is 24.1 Å². The Labute approximate surface area is 154 Å². The molecule has 0 aliphatic heterocycles. The Morgan fingerprint density at radius 3 is 2.38 bits per heavy atom. The van der Waals surface area contributed by atoms with Crippen molar-refractivity contribution in [2.45, 2.75) is 32.4 Å². The molecule has 0 fully saturated rings. The molecular formula is C15H18N2O8S. The lowest BCUT2D eigenvalue weighted by molar-refractivity contribution is -0.384. The predicted molar refractivity (Wildman–Crippen MR) is 91.4 cm³/mol. The van der Waals surface area contributed by atoms with Gasteiger partial charge in [-0.2, -0.15) is 17.7 Å². The lowest BCUT2D eigenvalue weighted by atomic mass is 10.2. The van der Waals surface area contributed by atoms with E-state index in [4.69, 9.17) is 14.7 Å². The van der Waals surface area contributed by atoms with Gasteiger partial charge in [0.25, 0.3) is 11.6 Å². The van der Waals surface area contributed by atoms with Crippen LogP contribution in [0.2, 0.25) is 0 Å². The maximum Gasteiger partial charge on any atom is 0.533 e. The number of ether oxygens (including phenoxy) is 1. The van der Waals surface area contributed by atoms with Gasteiger partial charge in [-0.25, -0.2) is 9.59 Å². The first-order valence-electron chi connectivity index (χ1n) is 7.53. The number of rotatable bonds is 8. The Bertz CT molecular complexity index is 664. The van der Waals surface area contributed by atoms with Crippen LogP contribution in [0.25, 0.3) is 0 Å². The van der Waals surface area contributed by atoms with Crippen molar-refractivity contribution in [3.8, 4) is 0 Å². The number of nitrogens with zero attached hydrogens (tertiary/aromatic N) is 2. The number of hydrogen-bond donors (Lipinski definition) is 2. The van der Waals surface area contributed by atoms with Crippen LogP contribution in [0.1, 0.15) is 25.3 Å². The van der Waals surface area contributed by atoms with Crippen molar-refractivity contribution in [1.82, 2.24) is 5.06 Å². The van der Waals surface area contributed by atoms with E-state index in [0.717, 1.165) is 0 Å². The number of benzene rings is 1. The van der Waals surface area contributed by atoms with Gasteiger partial charge in [-0.3, -0.25) is 14.9 Å². The van der Waals surface area contributed by atoms with Crippen LogP contribution in [-0.4, -0.2) is 44.9 Å². The maximum atomic E-state index is 12.0. The van der Waals surface area contributed by atoms with E-state index in [1.54, 1.807) is 6.92 Å². The summed E-state index contributed by atoms with van der Waals surface area (Å²) in [7, 11) is 0. The molecule has 1 atom stereocenters. The third-order valence-electron chi connectivity index (χ3n) is 3.13. The standard InChI is InChI=1S/C15H18N2O8S/c1-2-3-13(18)16(12(9-26)14(19)20)25-15(21)24-8-10-4-6-11(7-5-10)17(22)23/h4-7,12,26H,2-3,8-9H2,1H3,(H,19,20). The second-order valence-corrected chi connectivity index (χ2v) is 5.42. The number of hydroxylamine groups is 2. The summed E-state index contributed by atoms with van der Waals surface area (Å²) in [5.74, 6) is -2.34. The van der Waals surface area contributed by atoms with E-state index in [-0.39, 0.29) is 24.5 Å². The molecule has 1 amide bonds. The van der Waals surface area contributed by atoms with Gasteiger partial charge >= 0.3 is 12.1 Å². The van der Waals surface area contributed by atoms with Crippen molar-refractivity contribution in [2.75, 3.05) is 5.75 Å². The van der Waals surface area contributed by atoms with E-state index >= 15 is 0 Å². The fourth-order valence-corrected chi connectivity index (χ4v) is 2.13. The minimum atomic E-state index is -1.45. The van der Waals surface area contributed by atoms with Gasteiger partial charge in [-0.15, -0.1) is 0 Å². The van der Waals surface area contributed by atoms with Crippen molar-refractivity contribution in [2.24, 2.45) is 0 Å². The van der Waals surface area contributed by atoms with Gasteiger partial charge < -0.3 is 14.7 Å². The van der Waals surface area contributed by atoms with Crippen molar-refractivity contribution >= 4 is 36.3 Å². The van der Waals surface area contributed by atoms with Crippen molar-refractivity contribution in [3.63, 3.8) is 0 Å². The normalized spacial score (nSPS) is 11.3. The molecule has 142 valence electrons. The molecule has 1 N–H and O–H groups in total. The Kier molecular flexibility index (Phi) is 8.35. The zero-order valence-electron chi connectivity index (χ0n) is 13.9. The highest BCUT2D eigenvalue weighted by molar-refractivity contribution is 7.80. The van der Waals surface area contributed by atoms with Crippen molar-refractivity contribution in [1.29, 1.82) is 0 Å². The molecular weight excluding hydrogens is 368 g/mol. The molecule has 0 spiro atoms. The van der Waals surface area contributed by atoms with Crippen LogP contribution in [0.15, 0.2) is 24.3 Å². The highest BCUT2D eigenvalue weighted by atomic mass is 32.1. The molecule has 0 aliphatic rings. The van der Waals surface area contributed by atoms with Gasteiger partial charge in [-0.1, -0.05) is 6.92 Å². The van der Waals surface area contributed by atoms with Gasteiger partial charge in [0.1, 0.15) is 6.61 Å². The molecule has 11 heteroatoms. The highest BCUT2D eigenvalue weighted by Crippen LogP contribution is 2.14. The molecule has 1 rings (SSSR count). The first-order chi connectivity index (χ1) is 12.3. The van der Waals surface area contributed by atoms with E-state index in [0.29, 0.717) is 17.0 Å². The Morgan fingerprint density at radius 1 is 1.31 bits per heavy atom. The third-order valence-corrected chi connectivity index (χ3v) is 3.47. The largest absolute Gasteiger partial charge is 0.533 e. The smallest absolute Gasteiger partial charge is 0.480 e. The molecule has 0 bridgehead atoms. The number of nitro benzene ring substituents is 1. The zero-order valence-corrected chi connectivity index (χ0v) is 14.8. The summed E-state index contributed by atoms with van der Waals surface area (Å²) in [6.07, 6.45) is -0.872. The van der Waals surface area contributed by atoms with Crippen LogP contribution in [0.4, 0.5) is 10.5 Å². The average Bonchev–Trinajstić information content (AvgIpc) is 2.60. The molecule has 26 heavy (non-hydrogen) atoms. The van der Waals surface area contributed by atoms with E-state index in [1.807, 2.05) is 0 Å². The summed E-state index contributed by atoms with van der Waals surface area (Å²) in [5.41, 5.74) is 0.328. The number of hydrogen-bond acceptors (Lipinski definition) is 8. The van der Waals surface area contributed by atoms with Crippen molar-refractivity contribution < 1.29 is 34.0 Å². The van der Waals surface area contributed by atoms with E-state index in [2.05, 4.69) is 12.6 Å². The van der Waals surface area contributed by atoms with Crippen LogP contribution < -0.4 is 0 Å². The maximum absolute atomic E-state index is 12.0. The predicted octanol–water partition coefficient (Wildman–Crippen LogP) is 2.17. The lowest BCUT2D eigenvalue weighted by Crippen LogP contribution is -2.47. The molecule has 0 aliphatic carbocycles. The van der Waals surface area contributed by atoms with E-state index in [1.165, 1.54) is 24.3 Å². The fourth-order valence-electron chi connectivity index (χ4n) is 1.83. The molecule has 0 heterocycles. The molecule has 0 radical (unpaired) electrons. The quantitative estimate of drug-likeness (QED) is 0.300. The number of thiol groups is 1. The molecule has 0 saturated carbocycles. The number of carboxylic acid groups (broad SMARTS) is 1.